The van der Waals surface area contributed by atoms with Crippen LogP contribution < -0.4 is 11.1 Å². The van der Waals surface area contributed by atoms with Gasteiger partial charge in [-0.2, -0.15) is 0 Å². The molecule has 110 valence electrons. The Morgan fingerprint density at radius 3 is 2.80 bits per heavy atom. The zero-order valence-electron chi connectivity index (χ0n) is 10.9. The van der Waals surface area contributed by atoms with E-state index in [0.717, 1.165) is 0 Å². The van der Waals surface area contributed by atoms with Crippen molar-refractivity contribution in [1.82, 2.24) is 9.88 Å². The fraction of sp³-hybridized carbons (Fsp3) is 0.500. The third-order valence-electron chi connectivity index (χ3n) is 2.95. The van der Waals surface area contributed by atoms with E-state index in [9.17, 15) is 4.79 Å². The SMILES string of the molecule is Nc1nc(NCCC(=O)N2CCOCC2)c(Cl)cc1Cl. The number of hydrogen-bond acceptors (Lipinski definition) is 5. The molecule has 0 bridgehead atoms. The summed E-state index contributed by atoms with van der Waals surface area (Å²) in [7, 11) is 0. The van der Waals surface area contributed by atoms with Gasteiger partial charge in [0.1, 0.15) is 11.6 Å². The topological polar surface area (TPSA) is 80.5 Å². The van der Waals surface area contributed by atoms with Gasteiger partial charge in [0.05, 0.1) is 23.3 Å². The van der Waals surface area contributed by atoms with Gasteiger partial charge in [-0.15, -0.1) is 0 Å². The molecule has 0 spiro atoms. The van der Waals surface area contributed by atoms with Gasteiger partial charge in [0, 0.05) is 26.1 Å². The number of carbonyl (C=O) groups is 1. The number of nitrogen functional groups attached to an aromatic ring is 1. The lowest BCUT2D eigenvalue weighted by molar-refractivity contribution is -0.134. The van der Waals surface area contributed by atoms with Crippen LogP contribution in [-0.2, 0) is 9.53 Å². The molecular formula is C12H16Cl2N4O2. The third-order valence-corrected chi connectivity index (χ3v) is 3.54. The number of nitrogens with two attached hydrogens (primary N) is 1. The lowest BCUT2D eigenvalue weighted by Crippen LogP contribution is -2.41. The molecule has 3 N–H and O–H groups in total. The summed E-state index contributed by atoms with van der Waals surface area (Å²) in [4.78, 5) is 17.8. The number of nitrogens with zero attached hydrogens (tertiary/aromatic N) is 2. The summed E-state index contributed by atoms with van der Waals surface area (Å²) in [6.07, 6.45) is 0.362. The Morgan fingerprint density at radius 2 is 2.10 bits per heavy atom. The molecular weight excluding hydrogens is 303 g/mol. The fourth-order valence-electron chi connectivity index (χ4n) is 1.86. The van der Waals surface area contributed by atoms with Gasteiger partial charge in [-0.05, 0) is 6.07 Å². The van der Waals surface area contributed by atoms with Crippen molar-refractivity contribution in [2.45, 2.75) is 6.42 Å². The second-order valence-corrected chi connectivity index (χ2v) is 5.17. The highest BCUT2D eigenvalue weighted by atomic mass is 35.5. The van der Waals surface area contributed by atoms with E-state index in [1.54, 1.807) is 4.90 Å². The molecule has 2 rings (SSSR count). The number of carbonyl (C=O) groups excluding carboxylic acids is 1. The Labute approximate surface area is 127 Å². The van der Waals surface area contributed by atoms with E-state index in [2.05, 4.69) is 10.3 Å². The van der Waals surface area contributed by atoms with Crippen LogP contribution in [0.1, 0.15) is 6.42 Å². The molecule has 0 saturated carbocycles. The van der Waals surface area contributed by atoms with Crippen molar-refractivity contribution in [1.29, 1.82) is 0 Å². The van der Waals surface area contributed by atoms with E-state index < -0.39 is 0 Å². The first-order chi connectivity index (χ1) is 9.58. The molecule has 0 radical (unpaired) electrons. The average molecular weight is 319 g/mol. The summed E-state index contributed by atoms with van der Waals surface area (Å²) in [5.74, 6) is 0.722. The number of anilines is 2. The monoisotopic (exact) mass is 318 g/mol. The Hall–Kier alpha value is -1.24. The molecule has 1 saturated heterocycles. The highest BCUT2D eigenvalue weighted by Crippen LogP contribution is 2.27. The maximum absolute atomic E-state index is 11.9. The predicted molar refractivity (Wildman–Crippen MR) is 79.2 cm³/mol. The molecule has 6 nitrogen and oxygen atoms in total. The van der Waals surface area contributed by atoms with Gasteiger partial charge in [0.25, 0.3) is 0 Å². The summed E-state index contributed by atoms with van der Waals surface area (Å²) >= 11 is 11.8. The van der Waals surface area contributed by atoms with Crippen LogP contribution in [0.25, 0.3) is 0 Å². The number of rotatable bonds is 4. The maximum Gasteiger partial charge on any atom is 0.224 e. The van der Waals surface area contributed by atoms with Gasteiger partial charge in [0.15, 0.2) is 0 Å². The first-order valence-electron chi connectivity index (χ1n) is 6.29. The van der Waals surface area contributed by atoms with Gasteiger partial charge in [-0.1, -0.05) is 23.2 Å². The summed E-state index contributed by atoms with van der Waals surface area (Å²) < 4.78 is 5.20. The molecule has 0 unspecified atom stereocenters. The minimum absolute atomic E-state index is 0.0823. The van der Waals surface area contributed by atoms with E-state index in [4.69, 9.17) is 33.7 Å². The molecule has 1 aromatic rings. The molecule has 1 amide bonds. The lowest BCUT2D eigenvalue weighted by atomic mass is 10.3. The quantitative estimate of drug-likeness (QED) is 0.882. The number of aromatic nitrogens is 1. The van der Waals surface area contributed by atoms with Gasteiger partial charge >= 0.3 is 0 Å². The van der Waals surface area contributed by atoms with E-state index in [1.165, 1.54) is 6.07 Å². The zero-order valence-corrected chi connectivity index (χ0v) is 12.4. The van der Waals surface area contributed by atoms with Crippen LogP contribution in [0, 0.1) is 0 Å². The number of hydrogen-bond donors (Lipinski definition) is 2. The second kappa shape index (κ2) is 6.97. The maximum atomic E-state index is 11.9. The van der Waals surface area contributed by atoms with Crippen LogP contribution in [0.4, 0.5) is 11.6 Å². The van der Waals surface area contributed by atoms with Crippen molar-refractivity contribution < 1.29 is 9.53 Å². The molecule has 0 atom stereocenters. The van der Waals surface area contributed by atoms with Gasteiger partial charge < -0.3 is 20.7 Å². The predicted octanol–water partition coefficient (Wildman–Crippen LogP) is 1.63. The van der Waals surface area contributed by atoms with Crippen LogP contribution in [0.3, 0.4) is 0 Å². The number of morpholine rings is 1. The lowest BCUT2D eigenvalue weighted by Gasteiger charge is -2.26. The number of ether oxygens (including phenoxy) is 1. The largest absolute Gasteiger partial charge is 0.382 e. The molecule has 2 heterocycles. The van der Waals surface area contributed by atoms with E-state index >= 15 is 0 Å². The van der Waals surface area contributed by atoms with Crippen LogP contribution in [-0.4, -0.2) is 48.6 Å². The number of amides is 1. The first kappa shape index (κ1) is 15.2. The molecule has 20 heavy (non-hydrogen) atoms. The van der Waals surface area contributed by atoms with Crippen molar-refractivity contribution in [3.8, 4) is 0 Å². The Bertz CT molecular complexity index is 493. The van der Waals surface area contributed by atoms with Crippen molar-refractivity contribution >= 4 is 40.7 Å². The minimum atomic E-state index is 0.0823. The molecule has 8 heteroatoms. The standard InChI is InChI=1S/C12H16Cl2N4O2/c13-8-7-9(14)12(17-11(8)15)16-2-1-10(19)18-3-5-20-6-4-18/h7H,1-6H2,(H3,15,16,17). The second-order valence-electron chi connectivity index (χ2n) is 4.36. The van der Waals surface area contributed by atoms with E-state index in [1.807, 2.05) is 0 Å². The summed E-state index contributed by atoms with van der Waals surface area (Å²) in [6.45, 7) is 2.92. The number of halogens is 2. The third kappa shape index (κ3) is 3.88. The van der Waals surface area contributed by atoms with Crippen LogP contribution in [0.2, 0.25) is 10.0 Å². The Balaban J connectivity index is 1.83. The van der Waals surface area contributed by atoms with Gasteiger partial charge in [-0.25, -0.2) is 4.98 Å². The highest BCUT2D eigenvalue weighted by molar-refractivity contribution is 6.37. The summed E-state index contributed by atoms with van der Waals surface area (Å²) in [5, 5.41) is 3.68. The molecule has 0 aromatic carbocycles. The number of pyridine rings is 1. The minimum Gasteiger partial charge on any atom is -0.382 e. The zero-order chi connectivity index (χ0) is 14.5. The van der Waals surface area contributed by atoms with Crippen LogP contribution >= 0.6 is 23.2 Å². The van der Waals surface area contributed by atoms with Crippen molar-refractivity contribution in [3.05, 3.63) is 16.1 Å². The van der Waals surface area contributed by atoms with Gasteiger partial charge in [-0.3, -0.25) is 4.79 Å². The van der Waals surface area contributed by atoms with Crippen LogP contribution in [0.5, 0.6) is 0 Å². The average Bonchev–Trinajstić information content (AvgIpc) is 2.45. The summed E-state index contributed by atoms with van der Waals surface area (Å²) in [5.41, 5.74) is 5.61. The smallest absolute Gasteiger partial charge is 0.224 e. The number of nitrogens with one attached hydrogen (secondary N) is 1. The van der Waals surface area contributed by atoms with E-state index in [0.29, 0.717) is 55.1 Å². The summed E-state index contributed by atoms with van der Waals surface area (Å²) in [6, 6.07) is 1.53. The molecule has 1 aromatic heterocycles. The van der Waals surface area contributed by atoms with E-state index in [-0.39, 0.29) is 11.7 Å². The highest BCUT2D eigenvalue weighted by Gasteiger charge is 2.16. The molecule has 1 aliphatic heterocycles. The van der Waals surface area contributed by atoms with Gasteiger partial charge in [0.2, 0.25) is 5.91 Å². The Morgan fingerprint density at radius 1 is 1.40 bits per heavy atom. The Kier molecular flexibility index (Phi) is 5.28. The first-order valence-corrected chi connectivity index (χ1v) is 7.04. The fourth-order valence-corrected chi connectivity index (χ4v) is 2.29. The molecule has 1 fully saturated rings. The van der Waals surface area contributed by atoms with Crippen molar-refractivity contribution in [2.24, 2.45) is 0 Å². The van der Waals surface area contributed by atoms with Crippen LogP contribution in [0.15, 0.2) is 6.07 Å². The van der Waals surface area contributed by atoms with Crippen molar-refractivity contribution in [3.63, 3.8) is 0 Å². The molecule has 1 aliphatic rings. The van der Waals surface area contributed by atoms with Crippen molar-refractivity contribution in [2.75, 3.05) is 43.9 Å². The normalized spacial score (nSPS) is 15.2. The molecule has 0 aliphatic carbocycles.